The first-order chi connectivity index (χ1) is 7.93. The zero-order valence-electron chi connectivity index (χ0n) is 9.56. The Morgan fingerprint density at radius 3 is 2.59 bits per heavy atom. The van der Waals surface area contributed by atoms with Crippen molar-refractivity contribution in [1.29, 1.82) is 0 Å². The number of fused-ring (bicyclic) bond motifs is 1. The third-order valence-electron chi connectivity index (χ3n) is 4.15. The molecule has 0 aromatic heterocycles. The van der Waals surface area contributed by atoms with Crippen molar-refractivity contribution in [2.75, 3.05) is 13.1 Å². The maximum atomic E-state index is 12.6. The number of aryl methyl sites for hydroxylation is 1. The third-order valence-corrected chi connectivity index (χ3v) is 4.15. The van der Waals surface area contributed by atoms with Crippen LogP contribution in [0.25, 0.3) is 0 Å². The maximum absolute atomic E-state index is 12.6. The van der Waals surface area contributed by atoms with E-state index in [0.29, 0.717) is 5.92 Å². The summed E-state index contributed by atoms with van der Waals surface area (Å²) in [6.45, 7) is 3.69. The van der Waals surface area contributed by atoms with E-state index in [1.165, 1.54) is 12.1 Å². The molecule has 1 nitrogen and oxygen atoms in total. The minimum Gasteiger partial charge on any atom is -0.316 e. The van der Waals surface area contributed by atoms with Crippen LogP contribution in [0, 0.1) is 12.8 Å². The van der Waals surface area contributed by atoms with Gasteiger partial charge in [0.25, 0.3) is 0 Å². The number of hydrogen-bond acceptors (Lipinski definition) is 1. The van der Waals surface area contributed by atoms with Gasteiger partial charge >= 0.3 is 6.18 Å². The highest BCUT2D eigenvalue weighted by Crippen LogP contribution is 2.57. The van der Waals surface area contributed by atoms with Crippen molar-refractivity contribution in [3.63, 3.8) is 0 Å². The first kappa shape index (κ1) is 11.1. The molecule has 1 heterocycles. The standard InChI is InChI=1S/C13H14F3N/c1-8-4-9(13(14,15)16)2-3-11(8)12-5-10(12)6-17-7-12/h2-4,10,17H,5-7H2,1H3/t10-,12-/m1/s1. The van der Waals surface area contributed by atoms with Gasteiger partial charge in [-0.1, -0.05) is 6.07 Å². The van der Waals surface area contributed by atoms with E-state index in [1.807, 2.05) is 0 Å². The van der Waals surface area contributed by atoms with Crippen LogP contribution in [0.15, 0.2) is 18.2 Å². The minimum absolute atomic E-state index is 0.133. The maximum Gasteiger partial charge on any atom is 0.416 e. The van der Waals surface area contributed by atoms with E-state index in [4.69, 9.17) is 0 Å². The van der Waals surface area contributed by atoms with Crippen molar-refractivity contribution in [3.05, 3.63) is 34.9 Å². The van der Waals surface area contributed by atoms with Gasteiger partial charge in [-0.15, -0.1) is 0 Å². The Labute approximate surface area is 98.0 Å². The molecule has 0 unspecified atom stereocenters. The van der Waals surface area contributed by atoms with Gasteiger partial charge < -0.3 is 5.32 Å². The molecule has 2 fully saturated rings. The quantitative estimate of drug-likeness (QED) is 0.797. The largest absolute Gasteiger partial charge is 0.416 e. The number of halogens is 3. The van der Waals surface area contributed by atoms with Crippen LogP contribution in [0.2, 0.25) is 0 Å². The molecule has 0 radical (unpaired) electrons. The van der Waals surface area contributed by atoms with Crippen LogP contribution in [-0.4, -0.2) is 13.1 Å². The van der Waals surface area contributed by atoms with Crippen molar-refractivity contribution in [1.82, 2.24) is 5.32 Å². The molecule has 1 aromatic rings. The van der Waals surface area contributed by atoms with E-state index in [9.17, 15) is 13.2 Å². The van der Waals surface area contributed by atoms with Gasteiger partial charge in [-0.25, -0.2) is 0 Å². The Morgan fingerprint density at radius 1 is 1.35 bits per heavy atom. The van der Waals surface area contributed by atoms with Gasteiger partial charge in [0.1, 0.15) is 0 Å². The summed E-state index contributed by atoms with van der Waals surface area (Å²) in [5.74, 6) is 0.623. The van der Waals surface area contributed by atoms with Crippen molar-refractivity contribution in [2.24, 2.45) is 5.92 Å². The average molecular weight is 241 g/mol. The zero-order chi connectivity index (χ0) is 12.3. The van der Waals surface area contributed by atoms with E-state index in [-0.39, 0.29) is 5.41 Å². The van der Waals surface area contributed by atoms with E-state index in [0.717, 1.165) is 30.6 Å². The number of piperidine rings is 1. The van der Waals surface area contributed by atoms with Crippen LogP contribution in [0.1, 0.15) is 23.1 Å². The fraction of sp³-hybridized carbons (Fsp3) is 0.538. The van der Waals surface area contributed by atoms with Gasteiger partial charge in [0, 0.05) is 12.0 Å². The summed E-state index contributed by atoms with van der Waals surface area (Å²) in [4.78, 5) is 0. The monoisotopic (exact) mass is 241 g/mol. The zero-order valence-corrected chi connectivity index (χ0v) is 9.56. The summed E-state index contributed by atoms with van der Waals surface area (Å²) < 4.78 is 37.7. The molecule has 1 aliphatic heterocycles. The lowest BCUT2D eigenvalue weighted by Crippen LogP contribution is -2.20. The molecular formula is C13H14F3N. The summed E-state index contributed by atoms with van der Waals surface area (Å²) in [5.41, 5.74) is 1.46. The van der Waals surface area contributed by atoms with E-state index in [1.54, 1.807) is 13.0 Å². The lowest BCUT2D eigenvalue weighted by molar-refractivity contribution is -0.137. The molecule has 1 saturated heterocycles. The molecule has 2 atom stereocenters. The van der Waals surface area contributed by atoms with E-state index < -0.39 is 11.7 Å². The number of rotatable bonds is 1. The number of benzene rings is 1. The molecule has 1 N–H and O–H groups in total. The lowest BCUT2D eigenvalue weighted by Gasteiger charge is -2.17. The molecule has 1 aromatic carbocycles. The molecular weight excluding hydrogens is 227 g/mol. The summed E-state index contributed by atoms with van der Waals surface area (Å²) in [5, 5.41) is 3.31. The van der Waals surface area contributed by atoms with Gasteiger partial charge in [0.2, 0.25) is 0 Å². The number of nitrogens with one attached hydrogen (secondary N) is 1. The smallest absolute Gasteiger partial charge is 0.316 e. The van der Waals surface area contributed by atoms with Crippen LogP contribution in [0.3, 0.4) is 0 Å². The second-order valence-corrected chi connectivity index (χ2v) is 5.22. The Morgan fingerprint density at radius 2 is 2.12 bits per heavy atom. The molecule has 3 rings (SSSR count). The molecule has 4 heteroatoms. The van der Waals surface area contributed by atoms with Crippen LogP contribution >= 0.6 is 0 Å². The Bertz CT molecular complexity index is 466. The minimum atomic E-state index is -4.24. The molecule has 0 spiro atoms. The van der Waals surface area contributed by atoms with Crippen molar-refractivity contribution >= 4 is 0 Å². The van der Waals surface area contributed by atoms with Crippen molar-refractivity contribution in [3.8, 4) is 0 Å². The van der Waals surface area contributed by atoms with E-state index in [2.05, 4.69) is 5.32 Å². The van der Waals surface area contributed by atoms with Gasteiger partial charge in [-0.05, 0) is 49.1 Å². The van der Waals surface area contributed by atoms with Crippen LogP contribution < -0.4 is 5.32 Å². The molecule has 92 valence electrons. The Balaban J connectivity index is 1.98. The lowest BCUT2D eigenvalue weighted by atomic mass is 9.90. The summed E-state index contributed by atoms with van der Waals surface area (Å²) in [6.07, 6.45) is -3.12. The highest BCUT2D eigenvalue weighted by molar-refractivity contribution is 5.44. The van der Waals surface area contributed by atoms with Crippen molar-refractivity contribution < 1.29 is 13.2 Å². The normalized spacial score (nSPS) is 31.4. The molecule has 2 aliphatic rings. The molecule has 17 heavy (non-hydrogen) atoms. The predicted octanol–water partition coefficient (Wildman–Crippen LogP) is 2.87. The number of alkyl halides is 3. The number of hydrogen-bond donors (Lipinski definition) is 1. The highest BCUT2D eigenvalue weighted by atomic mass is 19.4. The fourth-order valence-corrected chi connectivity index (χ4v) is 3.16. The molecule has 0 amide bonds. The first-order valence-corrected chi connectivity index (χ1v) is 5.82. The molecule has 1 aliphatic carbocycles. The van der Waals surface area contributed by atoms with Crippen molar-refractivity contribution in [2.45, 2.75) is 24.9 Å². The van der Waals surface area contributed by atoms with Gasteiger partial charge in [-0.2, -0.15) is 13.2 Å². The van der Waals surface area contributed by atoms with Crippen LogP contribution in [0.5, 0.6) is 0 Å². The summed E-state index contributed by atoms with van der Waals surface area (Å²) >= 11 is 0. The van der Waals surface area contributed by atoms with Gasteiger partial charge in [0.15, 0.2) is 0 Å². The fourth-order valence-electron chi connectivity index (χ4n) is 3.16. The van der Waals surface area contributed by atoms with Crippen LogP contribution in [0.4, 0.5) is 13.2 Å². The average Bonchev–Trinajstić information content (AvgIpc) is 2.80. The molecule has 0 bridgehead atoms. The van der Waals surface area contributed by atoms with Crippen LogP contribution in [-0.2, 0) is 11.6 Å². The first-order valence-electron chi connectivity index (χ1n) is 5.82. The topological polar surface area (TPSA) is 12.0 Å². The summed E-state index contributed by atoms with van der Waals surface area (Å²) in [6, 6.07) is 4.16. The summed E-state index contributed by atoms with van der Waals surface area (Å²) in [7, 11) is 0. The SMILES string of the molecule is Cc1cc(C(F)(F)F)ccc1[C@]12CNC[C@H]1C2. The van der Waals surface area contributed by atoms with Gasteiger partial charge in [-0.3, -0.25) is 0 Å². The highest BCUT2D eigenvalue weighted by Gasteiger charge is 2.58. The Kier molecular flexibility index (Phi) is 2.12. The van der Waals surface area contributed by atoms with Gasteiger partial charge in [0.05, 0.1) is 5.56 Å². The third kappa shape index (κ3) is 1.58. The Hall–Kier alpha value is -1.03. The second kappa shape index (κ2) is 3.25. The molecule has 1 saturated carbocycles. The second-order valence-electron chi connectivity index (χ2n) is 5.22. The predicted molar refractivity (Wildman–Crippen MR) is 58.8 cm³/mol. The van der Waals surface area contributed by atoms with E-state index >= 15 is 0 Å².